The van der Waals surface area contributed by atoms with Crippen molar-refractivity contribution in [3.63, 3.8) is 0 Å². The molecule has 1 N–H and O–H groups in total. The van der Waals surface area contributed by atoms with E-state index in [-0.39, 0.29) is 12.5 Å². The Morgan fingerprint density at radius 2 is 1.95 bits per heavy atom. The summed E-state index contributed by atoms with van der Waals surface area (Å²) in [6.07, 6.45) is 2.65. The van der Waals surface area contributed by atoms with Gasteiger partial charge in [-0.05, 0) is 39.2 Å². The van der Waals surface area contributed by atoms with Crippen molar-refractivity contribution in [3.05, 3.63) is 29.1 Å². The van der Waals surface area contributed by atoms with Gasteiger partial charge in [0.05, 0.1) is 31.1 Å². The lowest BCUT2D eigenvalue weighted by atomic mass is 9.77. The lowest BCUT2D eigenvalue weighted by Crippen LogP contribution is -2.41. The Labute approximate surface area is 130 Å². The maximum Gasteiger partial charge on any atom is 0.492 e. The molecule has 0 aromatic carbocycles. The van der Waals surface area contributed by atoms with E-state index in [2.05, 4.69) is 4.98 Å². The van der Waals surface area contributed by atoms with Crippen molar-refractivity contribution in [1.82, 2.24) is 4.98 Å². The highest BCUT2D eigenvalue weighted by Crippen LogP contribution is 2.39. The van der Waals surface area contributed by atoms with Gasteiger partial charge in [0.25, 0.3) is 0 Å². The summed E-state index contributed by atoms with van der Waals surface area (Å²) in [5.74, 6) is -0.220. The number of rotatable bonds is 4. The summed E-state index contributed by atoms with van der Waals surface area (Å²) in [6.45, 7) is 7.41. The first-order valence-electron chi connectivity index (χ1n) is 7.06. The molecule has 0 radical (unpaired) electrons. The molecule has 1 aromatic heterocycles. The molecular weight excluding hydrogens is 288 g/mol. The topological polar surface area (TPSA) is 60.8 Å². The zero-order valence-corrected chi connectivity index (χ0v) is 13.5. The Morgan fingerprint density at radius 1 is 1.36 bits per heavy atom. The second-order valence-electron chi connectivity index (χ2n) is 6.22. The summed E-state index contributed by atoms with van der Waals surface area (Å²) in [5.41, 5.74) is -0.141. The molecule has 0 atom stereocenters. The lowest BCUT2D eigenvalue weighted by Gasteiger charge is -2.32. The number of hydrogen-bond donors (Lipinski definition) is 1. The molecule has 0 spiro atoms. The van der Waals surface area contributed by atoms with Crippen molar-refractivity contribution < 1.29 is 23.5 Å². The van der Waals surface area contributed by atoms with Crippen LogP contribution in [0.15, 0.2) is 17.7 Å². The van der Waals surface area contributed by atoms with Crippen LogP contribution in [0, 0.1) is 5.82 Å². The van der Waals surface area contributed by atoms with Gasteiger partial charge < -0.3 is 19.2 Å². The molecule has 1 saturated heterocycles. The quantitative estimate of drug-likeness (QED) is 0.864. The number of ether oxygens (including phenoxy) is 1. The molecule has 1 aliphatic heterocycles. The molecular formula is C15H21BFNO4. The summed E-state index contributed by atoms with van der Waals surface area (Å²) < 4.78 is 30.3. The molecule has 2 rings (SSSR count). The number of nitrogens with zero attached hydrogens (tertiary/aromatic N) is 1. The van der Waals surface area contributed by atoms with Gasteiger partial charge in [0.15, 0.2) is 0 Å². The van der Waals surface area contributed by atoms with E-state index in [4.69, 9.17) is 14.0 Å². The average molecular weight is 309 g/mol. The third-order valence-electron chi connectivity index (χ3n) is 4.12. The first kappa shape index (κ1) is 16.9. The summed E-state index contributed by atoms with van der Waals surface area (Å²) in [4.78, 5) is 3.86. The van der Waals surface area contributed by atoms with Gasteiger partial charge in [-0.2, -0.15) is 0 Å². The molecule has 2 heterocycles. The van der Waals surface area contributed by atoms with Crippen LogP contribution < -0.4 is 4.74 Å². The fourth-order valence-corrected chi connectivity index (χ4v) is 2.10. The van der Waals surface area contributed by atoms with E-state index in [0.717, 1.165) is 6.20 Å². The second kappa shape index (κ2) is 5.99. The van der Waals surface area contributed by atoms with Crippen molar-refractivity contribution >= 4 is 13.2 Å². The molecule has 0 aliphatic carbocycles. The van der Waals surface area contributed by atoms with Crippen LogP contribution in [0.25, 0.3) is 6.08 Å². The van der Waals surface area contributed by atoms with Gasteiger partial charge in [0, 0.05) is 5.56 Å². The smallest absolute Gasteiger partial charge is 0.481 e. The van der Waals surface area contributed by atoms with Crippen LogP contribution in [0.4, 0.5) is 4.39 Å². The Balaban J connectivity index is 2.35. The molecule has 1 fully saturated rings. The van der Waals surface area contributed by atoms with Crippen molar-refractivity contribution in [3.8, 4) is 5.88 Å². The third kappa shape index (κ3) is 3.16. The second-order valence-corrected chi connectivity index (χ2v) is 6.22. The van der Waals surface area contributed by atoms with E-state index in [1.165, 1.54) is 13.2 Å². The number of aliphatic hydroxyl groups is 1. The Kier molecular flexibility index (Phi) is 4.61. The minimum absolute atomic E-state index is 0.267. The molecule has 0 amide bonds. The van der Waals surface area contributed by atoms with Gasteiger partial charge in [0.2, 0.25) is 5.88 Å². The van der Waals surface area contributed by atoms with Crippen LogP contribution in [-0.2, 0) is 9.31 Å². The maximum absolute atomic E-state index is 13.4. The summed E-state index contributed by atoms with van der Waals surface area (Å²) in [5, 5.41) is 9.64. The van der Waals surface area contributed by atoms with E-state index in [0.29, 0.717) is 11.0 Å². The molecule has 0 saturated carbocycles. The highest BCUT2D eigenvalue weighted by Gasteiger charge is 2.52. The van der Waals surface area contributed by atoms with Crippen molar-refractivity contribution in [1.29, 1.82) is 0 Å². The van der Waals surface area contributed by atoms with Crippen LogP contribution >= 0.6 is 0 Å². The van der Waals surface area contributed by atoms with E-state index in [1.807, 2.05) is 27.7 Å². The monoisotopic (exact) mass is 309 g/mol. The van der Waals surface area contributed by atoms with Crippen LogP contribution in [0.3, 0.4) is 0 Å². The minimum Gasteiger partial charge on any atom is -0.481 e. The fraction of sp³-hybridized carbons (Fsp3) is 0.533. The first-order valence-corrected chi connectivity index (χ1v) is 7.06. The van der Waals surface area contributed by atoms with Crippen molar-refractivity contribution in [2.24, 2.45) is 0 Å². The van der Waals surface area contributed by atoms with Crippen LogP contribution in [0.1, 0.15) is 33.3 Å². The molecule has 0 unspecified atom stereocenters. The summed E-state index contributed by atoms with van der Waals surface area (Å²) >= 11 is 0. The lowest BCUT2D eigenvalue weighted by molar-refractivity contribution is 0.00578. The minimum atomic E-state index is -0.706. The van der Waals surface area contributed by atoms with Gasteiger partial charge >= 0.3 is 7.12 Å². The highest BCUT2D eigenvalue weighted by atomic mass is 19.1. The number of aliphatic hydroxyl groups excluding tert-OH is 1. The van der Waals surface area contributed by atoms with E-state index in [9.17, 15) is 9.50 Å². The zero-order chi connectivity index (χ0) is 16.5. The van der Waals surface area contributed by atoms with Gasteiger partial charge in [-0.25, -0.2) is 9.37 Å². The molecule has 22 heavy (non-hydrogen) atoms. The Hall–Kier alpha value is -1.44. The number of hydrogen-bond acceptors (Lipinski definition) is 5. The summed E-state index contributed by atoms with van der Waals surface area (Å²) in [7, 11) is 0.744. The van der Waals surface area contributed by atoms with Crippen LogP contribution in [0.2, 0.25) is 0 Å². The maximum atomic E-state index is 13.4. The molecule has 1 aromatic rings. The molecule has 1 aliphatic rings. The van der Waals surface area contributed by atoms with Gasteiger partial charge in [-0.15, -0.1) is 0 Å². The molecule has 7 heteroatoms. The molecule has 120 valence electrons. The fourth-order valence-electron chi connectivity index (χ4n) is 2.10. The Morgan fingerprint density at radius 3 is 2.45 bits per heavy atom. The largest absolute Gasteiger partial charge is 0.492 e. The van der Waals surface area contributed by atoms with Gasteiger partial charge in [0.1, 0.15) is 5.82 Å². The predicted octanol–water partition coefficient (Wildman–Crippen LogP) is 2.24. The van der Waals surface area contributed by atoms with E-state index >= 15 is 0 Å². The average Bonchev–Trinajstić information content (AvgIpc) is 2.64. The number of pyridine rings is 1. The number of aromatic nitrogens is 1. The van der Waals surface area contributed by atoms with E-state index in [1.54, 1.807) is 6.08 Å². The normalized spacial score (nSPS) is 20.3. The number of methoxy groups -OCH3 is 1. The first-order chi connectivity index (χ1) is 10.2. The Bertz CT molecular complexity index is 573. The third-order valence-corrected chi connectivity index (χ3v) is 4.12. The van der Waals surface area contributed by atoms with Gasteiger partial charge in [-0.1, -0.05) is 6.08 Å². The summed E-state index contributed by atoms with van der Waals surface area (Å²) in [6, 6.07) is 1.28. The van der Waals surface area contributed by atoms with Crippen molar-refractivity contribution in [2.75, 3.05) is 13.7 Å². The zero-order valence-electron chi connectivity index (χ0n) is 13.5. The van der Waals surface area contributed by atoms with Crippen molar-refractivity contribution in [2.45, 2.75) is 38.9 Å². The van der Waals surface area contributed by atoms with Gasteiger partial charge in [-0.3, -0.25) is 0 Å². The molecule has 5 nitrogen and oxygen atoms in total. The van der Waals surface area contributed by atoms with Crippen LogP contribution in [-0.4, -0.2) is 42.1 Å². The molecule has 0 bridgehead atoms. The predicted molar refractivity (Wildman–Crippen MR) is 81.9 cm³/mol. The van der Waals surface area contributed by atoms with E-state index < -0.39 is 24.1 Å². The SMILES string of the molecule is COc1ncc(F)cc1C=C(CO)B1OC(C)(C)C(C)(C)O1. The van der Waals surface area contributed by atoms with Crippen LogP contribution in [0.5, 0.6) is 5.88 Å². The highest BCUT2D eigenvalue weighted by molar-refractivity contribution is 6.55. The number of halogens is 1. The standard InChI is InChI=1S/C15H21BFNO4/c1-14(2)15(3,4)22-16(21-14)11(9-19)6-10-7-12(17)8-18-13(10)20-5/h6-8,19H,9H2,1-5H3.